The minimum absolute atomic E-state index is 0.183. The number of hydrogen-bond acceptors (Lipinski definition) is 3. The van der Waals surface area contributed by atoms with Crippen molar-refractivity contribution in [2.75, 3.05) is 19.7 Å². The molecule has 26 heavy (non-hydrogen) atoms. The van der Waals surface area contributed by atoms with Crippen LogP contribution in [0.3, 0.4) is 0 Å². The fourth-order valence-electron chi connectivity index (χ4n) is 3.29. The van der Waals surface area contributed by atoms with E-state index < -0.39 is 5.60 Å². The van der Waals surface area contributed by atoms with E-state index in [0.717, 1.165) is 54.7 Å². The summed E-state index contributed by atoms with van der Waals surface area (Å²) in [5.74, 6) is 2.09. The molecule has 0 saturated carbocycles. The van der Waals surface area contributed by atoms with Gasteiger partial charge in [-0.15, -0.1) is 0 Å². The first-order valence-corrected chi connectivity index (χ1v) is 10.3. The minimum atomic E-state index is -0.426. The van der Waals surface area contributed by atoms with Crippen molar-refractivity contribution < 1.29 is 14.3 Å². The number of carbonyl (C=O) groups is 1. The molecule has 2 rings (SSSR count). The van der Waals surface area contributed by atoms with Gasteiger partial charge >= 0.3 is 6.09 Å². The molecular formula is C21H32BrNO3. The number of likely N-dealkylation sites (tertiary alicyclic amines) is 1. The lowest BCUT2D eigenvalue weighted by atomic mass is 9.88. The lowest BCUT2D eigenvalue weighted by Crippen LogP contribution is -2.42. The summed E-state index contributed by atoms with van der Waals surface area (Å²) in [6.45, 7) is 12.3. The third-order valence-electron chi connectivity index (χ3n) is 4.74. The van der Waals surface area contributed by atoms with Crippen LogP contribution < -0.4 is 4.74 Å². The molecule has 1 heterocycles. The second-order valence-electron chi connectivity index (χ2n) is 8.43. The highest BCUT2D eigenvalue weighted by atomic mass is 79.9. The van der Waals surface area contributed by atoms with E-state index in [1.807, 2.05) is 43.9 Å². The van der Waals surface area contributed by atoms with Crippen LogP contribution in [0.4, 0.5) is 4.79 Å². The monoisotopic (exact) mass is 425 g/mol. The molecular weight excluding hydrogens is 394 g/mol. The average Bonchev–Trinajstić information content (AvgIpc) is 2.55. The van der Waals surface area contributed by atoms with Gasteiger partial charge in [-0.25, -0.2) is 4.79 Å². The van der Waals surface area contributed by atoms with Gasteiger partial charge in [-0.3, -0.25) is 0 Å². The molecule has 4 nitrogen and oxygen atoms in total. The zero-order chi connectivity index (χ0) is 19.3. The molecule has 1 aromatic rings. The van der Waals surface area contributed by atoms with Crippen LogP contribution in [-0.2, 0) is 4.74 Å². The van der Waals surface area contributed by atoms with E-state index in [-0.39, 0.29) is 6.09 Å². The van der Waals surface area contributed by atoms with E-state index in [4.69, 9.17) is 9.47 Å². The highest BCUT2D eigenvalue weighted by Gasteiger charge is 2.27. The van der Waals surface area contributed by atoms with Gasteiger partial charge in [-0.1, -0.05) is 28.9 Å². The molecule has 1 unspecified atom stereocenters. The zero-order valence-electron chi connectivity index (χ0n) is 16.7. The summed E-state index contributed by atoms with van der Waals surface area (Å²) in [4.78, 5) is 14.0. The number of nitrogens with zero attached hydrogens (tertiary/aromatic N) is 1. The summed E-state index contributed by atoms with van der Waals surface area (Å²) in [6.07, 6.45) is 3.03. The maximum Gasteiger partial charge on any atom is 0.410 e. The van der Waals surface area contributed by atoms with E-state index in [1.54, 1.807) is 0 Å². The van der Waals surface area contributed by atoms with Gasteiger partial charge in [-0.05, 0) is 70.9 Å². The number of hydrogen-bond donors (Lipinski definition) is 0. The van der Waals surface area contributed by atoms with Crippen molar-refractivity contribution in [1.82, 2.24) is 4.90 Å². The molecule has 1 saturated heterocycles. The summed E-state index contributed by atoms with van der Waals surface area (Å²) in [5, 5.41) is 0. The van der Waals surface area contributed by atoms with E-state index in [9.17, 15) is 4.79 Å². The maximum absolute atomic E-state index is 12.1. The highest BCUT2D eigenvalue weighted by Crippen LogP contribution is 2.28. The topological polar surface area (TPSA) is 38.8 Å². The molecule has 0 N–H and O–H groups in total. The molecule has 1 amide bonds. The Bertz CT molecular complexity index is 604. The van der Waals surface area contributed by atoms with Gasteiger partial charge in [0.15, 0.2) is 0 Å². The third kappa shape index (κ3) is 6.49. The number of ether oxygens (including phenoxy) is 2. The Kier molecular flexibility index (Phi) is 7.39. The molecule has 5 heteroatoms. The fraction of sp³-hybridized carbons (Fsp3) is 0.667. The Hall–Kier alpha value is -1.23. The Morgan fingerprint density at radius 1 is 1.31 bits per heavy atom. The molecule has 0 spiro atoms. The van der Waals surface area contributed by atoms with Crippen molar-refractivity contribution in [3.05, 3.63) is 28.2 Å². The Balaban J connectivity index is 1.73. The average molecular weight is 426 g/mol. The number of benzene rings is 1. The molecule has 1 fully saturated rings. The van der Waals surface area contributed by atoms with Crippen LogP contribution in [0, 0.1) is 18.8 Å². The van der Waals surface area contributed by atoms with Gasteiger partial charge in [0.05, 0.1) is 6.61 Å². The fourth-order valence-corrected chi connectivity index (χ4v) is 3.64. The SMILES string of the molecule is Cc1c(Br)cccc1OCC(C)CC1CCN(C(=O)OC(C)(C)C)CC1. The van der Waals surface area contributed by atoms with E-state index >= 15 is 0 Å². The lowest BCUT2D eigenvalue weighted by Gasteiger charge is -2.34. The van der Waals surface area contributed by atoms with Crippen molar-refractivity contribution in [1.29, 1.82) is 0 Å². The van der Waals surface area contributed by atoms with Crippen molar-refractivity contribution in [3.8, 4) is 5.75 Å². The molecule has 146 valence electrons. The van der Waals surface area contributed by atoms with E-state index in [1.165, 1.54) is 0 Å². The van der Waals surface area contributed by atoms with Gasteiger partial charge in [0.25, 0.3) is 0 Å². The maximum atomic E-state index is 12.1. The summed E-state index contributed by atoms with van der Waals surface area (Å²) in [6, 6.07) is 6.06. The summed E-state index contributed by atoms with van der Waals surface area (Å²) in [7, 11) is 0. The summed E-state index contributed by atoms with van der Waals surface area (Å²) < 4.78 is 12.6. The number of rotatable bonds is 5. The predicted molar refractivity (Wildman–Crippen MR) is 109 cm³/mol. The van der Waals surface area contributed by atoms with Crippen LogP contribution >= 0.6 is 15.9 Å². The molecule has 0 aliphatic carbocycles. The quantitative estimate of drug-likeness (QED) is 0.597. The minimum Gasteiger partial charge on any atom is -0.493 e. The number of piperidine rings is 1. The van der Waals surface area contributed by atoms with Gasteiger partial charge in [0.2, 0.25) is 0 Å². The van der Waals surface area contributed by atoms with Crippen LogP contribution in [0.2, 0.25) is 0 Å². The highest BCUT2D eigenvalue weighted by molar-refractivity contribution is 9.10. The van der Waals surface area contributed by atoms with Crippen LogP contribution in [0.1, 0.15) is 52.5 Å². The molecule has 1 aliphatic rings. The first-order valence-electron chi connectivity index (χ1n) is 9.51. The largest absolute Gasteiger partial charge is 0.493 e. The van der Waals surface area contributed by atoms with Crippen LogP contribution in [0.5, 0.6) is 5.75 Å². The normalized spacial score (nSPS) is 17.1. The van der Waals surface area contributed by atoms with Crippen molar-refractivity contribution in [2.24, 2.45) is 11.8 Å². The summed E-state index contributed by atoms with van der Waals surface area (Å²) >= 11 is 3.55. The smallest absolute Gasteiger partial charge is 0.410 e. The second kappa shape index (κ2) is 9.12. The first kappa shape index (κ1) is 21.1. The van der Waals surface area contributed by atoms with Gasteiger partial charge in [0, 0.05) is 23.1 Å². The Labute approximate surface area is 166 Å². The molecule has 0 radical (unpaired) electrons. The van der Waals surface area contributed by atoms with Gasteiger partial charge < -0.3 is 14.4 Å². The Morgan fingerprint density at radius 3 is 2.58 bits per heavy atom. The Morgan fingerprint density at radius 2 is 1.96 bits per heavy atom. The van der Waals surface area contributed by atoms with Crippen molar-refractivity contribution in [3.63, 3.8) is 0 Å². The first-order chi connectivity index (χ1) is 12.2. The van der Waals surface area contributed by atoms with Crippen LogP contribution in [0.25, 0.3) is 0 Å². The molecule has 0 aromatic heterocycles. The second-order valence-corrected chi connectivity index (χ2v) is 9.28. The number of amides is 1. The van der Waals surface area contributed by atoms with Crippen molar-refractivity contribution >= 4 is 22.0 Å². The van der Waals surface area contributed by atoms with Gasteiger partial charge in [0.1, 0.15) is 11.4 Å². The zero-order valence-corrected chi connectivity index (χ0v) is 18.3. The molecule has 0 bridgehead atoms. The van der Waals surface area contributed by atoms with E-state index in [2.05, 4.69) is 29.8 Å². The lowest BCUT2D eigenvalue weighted by molar-refractivity contribution is 0.0173. The van der Waals surface area contributed by atoms with Crippen molar-refractivity contribution in [2.45, 2.75) is 59.5 Å². The summed E-state index contributed by atoms with van der Waals surface area (Å²) in [5.41, 5.74) is 0.718. The third-order valence-corrected chi connectivity index (χ3v) is 5.60. The number of halogens is 1. The number of carbonyl (C=O) groups excluding carboxylic acids is 1. The van der Waals surface area contributed by atoms with Crippen LogP contribution in [-0.4, -0.2) is 36.3 Å². The van der Waals surface area contributed by atoms with Crippen LogP contribution in [0.15, 0.2) is 22.7 Å². The standard InChI is InChI=1S/C21H32BrNO3/c1-15(14-25-19-8-6-7-18(22)16(19)2)13-17-9-11-23(12-10-17)20(24)26-21(3,4)5/h6-8,15,17H,9-14H2,1-5H3. The molecule has 1 aromatic carbocycles. The van der Waals surface area contributed by atoms with Gasteiger partial charge in [-0.2, -0.15) is 0 Å². The molecule has 1 aliphatic heterocycles. The predicted octanol–water partition coefficient (Wildman–Crippen LogP) is 5.81. The van der Waals surface area contributed by atoms with E-state index in [0.29, 0.717) is 11.8 Å². The molecule has 1 atom stereocenters.